The third-order valence-electron chi connectivity index (χ3n) is 2.96. The van der Waals surface area contributed by atoms with Crippen LogP contribution in [0.3, 0.4) is 0 Å². The zero-order chi connectivity index (χ0) is 12.3. The summed E-state index contributed by atoms with van der Waals surface area (Å²) < 4.78 is 5.52. The fourth-order valence-electron chi connectivity index (χ4n) is 2.00. The van der Waals surface area contributed by atoms with E-state index >= 15 is 0 Å². The van der Waals surface area contributed by atoms with Crippen molar-refractivity contribution in [1.29, 1.82) is 0 Å². The summed E-state index contributed by atoms with van der Waals surface area (Å²) in [4.78, 5) is 2.15. The van der Waals surface area contributed by atoms with E-state index in [1.54, 1.807) is 7.11 Å². The summed E-state index contributed by atoms with van der Waals surface area (Å²) in [5.74, 6) is 1.58. The van der Waals surface area contributed by atoms with Crippen LogP contribution in [-0.2, 0) is 0 Å². The molecule has 0 N–H and O–H groups in total. The number of benzene rings is 1. The summed E-state index contributed by atoms with van der Waals surface area (Å²) in [5.41, 5.74) is 4.83. The van der Waals surface area contributed by atoms with Crippen LogP contribution >= 0.6 is 11.6 Å². The lowest BCUT2D eigenvalue weighted by molar-refractivity contribution is 0.411. The summed E-state index contributed by atoms with van der Waals surface area (Å²) >= 11 is 5.78. The molecule has 0 atom stereocenters. The van der Waals surface area contributed by atoms with Crippen LogP contribution in [0, 0.1) is 20.8 Å². The lowest BCUT2D eigenvalue weighted by atomic mass is 10.0. The van der Waals surface area contributed by atoms with E-state index in [0.717, 1.165) is 18.0 Å². The molecule has 0 amide bonds. The maximum Gasteiger partial charge on any atom is 0.145 e. The van der Waals surface area contributed by atoms with Gasteiger partial charge in [-0.2, -0.15) is 0 Å². The normalized spacial score (nSPS) is 10.4. The molecule has 3 heteroatoms. The molecule has 0 aromatic heterocycles. The van der Waals surface area contributed by atoms with Gasteiger partial charge < -0.3 is 9.64 Å². The standard InChI is InChI=1S/C13H20ClNO/c1-9-8-10(2)12(15(4)7-6-14)13(16-5)11(9)3/h8H,6-7H2,1-5H3. The minimum absolute atomic E-state index is 0.617. The summed E-state index contributed by atoms with van der Waals surface area (Å²) in [6.07, 6.45) is 0. The fraction of sp³-hybridized carbons (Fsp3) is 0.538. The molecule has 0 aliphatic carbocycles. The number of halogens is 1. The Kier molecular flexibility index (Phi) is 4.48. The molecule has 2 nitrogen and oxygen atoms in total. The van der Waals surface area contributed by atoms with Crippen LogP contribution in [-0.4, -0.2) is 26.6 Å². The van der Waals surface area contributed by atoms with Gasteiger partial charge in [-0.1, -0.05) is 6.07 Å². The van der Waals surface area contributed by atoms with Gasteiger partial charge >= 0.3 is 0 Å². The molecule has 0 fully saturated rings. The van der Waals surface area contributed by atoms with Gasteiger partial charge in [-0.3, -0.25) is 0 Å². The SMILES string of the molecule is COc1c(C)c(C)cc(C)c1N(C)CCCl. The molecule has 0 saturated heterocycles. The van der Waals surface area contributed by atoms with Crippen molar-refractivity contribution in [2.24, 2.45) is 0 Å². The van der Waals surface area contributed by atoms with Crippen molar-refractivity contribution < 1.29 is 4.74 Å². The molecule has 0 radical (unpaired) electrons. The molecule has 0 unspecified atom stereocenters. The Morgan fingerprint density at radius 2 is 1.88 bits per heavy atom. The average Bonchev–Trinajstić information content (AvgIpc) is 2.23. The van der Waals surface area contributed by atoms with E-state index in [2.05, 4.69) is 31.7 Å². The smallest absolute Gasteiger partial charge is 0.145 e. The van der Waals surface area contributed by atoms with Crippen LogP contribution in [0.4, 0.5) is 5.69 Å². The average molecular weight is 242 g/mol. The molecule has 0 aliphatic rings. The van der Waals surface area contributed by atoms with Crippen LogP contribution in [0.25, 0.3) is 0 Å². The van der Waals surface area contributed by atoms with E-state index in [4.69, 9.17) is 16.3 Å². The predicted octanol–water partition coefficient (Wildman–Crippen LogP) is 3.30. The molecule has 0 aliphatic heterocycles. The highest BCUT2D eigenvalue weighted by molar-refractivity contribution is 6.18. The molecule has 1 rings (SSSR count). The van der Waals surface area contributed by atoms with Crippen LogP contribution in [0.2, 0.25) is 0 Å². The van der Waals surface area contributed by atoms with Crippen molar-refractivity contribution in [3.8, 4) is 5.75 Å². The highest BCUT2D eigenvalue weighted by Crippen LogP contribution is 2.36. The highest BCUT2D eigenvalue weighted by atomic mass is 35.5. The third-order valence-corrected chi connectivity index (χ3v) is 3.13. The topological polar surface area (TPSA) is 12.5 Å². The highest BCUT2D eigenvalue weighted by Gasteiger charge is 2.15. The second-order valence-corrected chi connectivity index (χ2v) is 4.51. The first-order chi connectivity index (χ1) is 7.52. The van der Waals surface area contributed by atoms with Crippen LogP contribution in [0.15, 0.2) is 6.07 Å². The largest absolute Gasteiger partial charge is 0.494 e. The maximum absolute atomic E-state index is 5.78. The van der Waals surface area contributed by atoms with Crippen molar-refractivity contribution in [2.75, 3.05) is 31.5 Å². The van der Waals surface area contributed by atoms with E-state index in [9.17, 15) is 0 Å². The molecule has 0 saturated carbocycles. The summed E-state index contributed by atoms with van der Waals surface area (Å²) in [6, 6.07) is 2.19. The fourth-order valence-corrected chi connectivity index (χ4v) is 2.25. The first kappa shape index (κ1) is 13.2. The molecule has 0 heterocycles. The first-order valence-corrected chi connectivity index (χ1v) is 5.98. The quantitative estimate of drug-likeness (QED) is 0.750. The van der Waals surface area contributed by atoms with Crippen LogP contribution in [0.1, 0.15) is 16.7 Å². The van der Waals surface area contributed by atoms with E-state index in [-0.39, 0.29) is 0 Å². The Morgan fingerprint density at radius 3 is 2.38 bits per heavy atom. The van der Waals surface area contributed by atoms with Crippen molar-refractivity contribution in [2.45, 2.75) is 20.8 Å². The lowest BCUT2D eigenvalue weighted by Crippen LogP contribution is -2.21. The minimum atomic E-state index is 0.617. The molecule has 0 bridgehead atoms. The summed E-state index contributed by atoms with van der Waals surface area (Å²) in [5, 5.41) is 0. The second-order valence-electron chi connectivity index (χ2n) is 4.13. The molecule has 1 aromatic rings. The van der Waals surface area contributed by atoms with Gasteiger partial charge in [0.2, 0.25) is 0 Å². The van der Waals surface area contributed by atoms with Gasteiger partial charge in [-0.25, -0.2) is 0 Å². The van der Waals surface area contributed by atoms with Crippen molar-refractivity contribution in [1.82, 2.24) is 0 Å². The van der Waals surface area contributed by atoms with Crippen molar-refractivity contribution >= 4 is 17.3 Å². The summed E-state index contributed by atoms with van der Waals surface area (Å²) in [7, 11) is 3.77. The van der Waals surface area contributed by atoms with Gasteiger partial charge in [0.05, 0.1) is 12.8 Å². The van der Waals surface area contributed by atoms with Gasteiger partial charge in [0.15, 0.2) is 0 Å². The van der Waals surface area contributed by atoms with Crippen LogP contribution < -0.4 is 9.64 Å². The monoisotopic (exact) mass is 241 g/mol. The van der Waals surface area contributed by atoms with Gasteiger partial charge in [-0.05, 0) is 37.5 Å². The Bertz CT molecular complexity index is 377. The number of rotatable bonds is 4. The van der Waals surface area contributed by atoms with Gasteiger partial charge in [0, 0.05) is 19.5 Å². The molecular weight excluding hydrogens is 222 g/mol. The Hall–Kier alpha value is -0.890. The minimum Gasteiger partial charge on any atom is -0.494 e. The Labute approximate surface area is 103 Å². The molecular formula is C13H20ClNO. The number of methoxy groups -OCH3 is 1. The second kappa shape index (κ2) is 5.44. The lowest BCUT2D eigenvalue weighted by Gasteiger charge is -2.25. The van der Waals surface area contributed by atoms with E-state index in [1.807, 2.05) is 7.05 Å². The number of ether oxygens (including phenoxy) is 1. The molecule has 1 aromatic carbocycles. The van der Waals surface area contributed by atoms with Gasteiger partial charge in [0.25, 0.3) is 0 Å². The molecule has 0 spiro atoms. The maximum atomic E-state index is 5.78. The van der Waals surface area contributed by atoms with Crippen LogP contribution in [0.5, 0.6) is 5.75 Å². The third kappa shape index (κ3) is 2.43. The number of hydrogen-bond donors (Lipinski definition) is 0. The van der Waals surface area contributed by atoms with Gasteiger partial charge in [-0.15, -0.1) is 11.6 Å². The van der Waals surface area contributed by atoms with Gasteiger partial charge in [0.1, 0.15) is 5.75 Å². The van der Waals surface area contributed by atoms with Crippen molar-refractivity contribution in [3.63, 3.8) is 0 Å². The molecule has 90 valence electrons. The number of alkyl halides is 1. The van der Waals surface area contributed by atoms with E-state index in [1.165, 1.54) is 16.7 Å². The number of aryl methyl sites for hydroxylation is 2. The number of hydrogen-bond acceptors (Lipinski definition) is 2. The van der Waals surface area contributed by atoms with Crippen molar-refractivity contribution in [3.05, 3.63) is 22.8 Å². The van der Waals surface area contributed by atoms with E-state index < -0.39 is 0 Å². The Morgan fingerprint density at radius 1 is 1.25 bits per heavy atom. The molecule has 16 heavy (non-hydrogen) atoms. The zero-order valence-corrected chi connectivity index (χ0v) is 11.5. The Balaban J connectivity index is 3.30. The summed E-state index contributed by atoms with van der Waals surface area (Å²) in [6.45, 7) is 7.12. The number of anilines is 1. The first-order valence-electron chi connectivity index (χ1n) is 5.44. The predicted molar refractivity (Wildman–Crippen MR) is 71.2 cm³/mol. The zero-order valence-electron chi connectivity index (χ0n) is 10.7. The van der Waals surface area contributed by atoms with E-state index in [0.29, 0.717) is 5.88 Å². The number of nitrogens with zero attached hydrogens (tertiary/aromatic N) is 1.